The number of pyridine rings is 1. The molecular formula is C31H33BFN5O3. The van der Waals surface area contributed by atoms with Crippen LogP contribution in [0.25, 0.3) is 21.8 Å². The Balaban J connectivity index is 1.08. The maximum Gasteiger partial charge on any atom is 0.251 e. The van der Waals surface area contributed by atoms with Crippen LogP contribution in [0.15, 0.2) is 41.3 Å². The largest absolute Gasteiger partial charge is 0.343 e. The fourth-order valence-electron chi connectivity index (χ4n) is 6.88. The summed E-state index contributed by atoms with van der Waals surface area (Å²) in [6.45, 7) is 2.36. The Morgan fingerprint density at radius 2 is 1.90 bits per heavy atom. The first-order chi connectivity index (χ1) is 19.9. The number of aromatic nitrogens is 3. The molecule has 0 unspecified atom stereocenters. The van der Waals surface area contributed by atoms with E-state index in [9.17, 15) is 18.8 Å². The Kier molecular flexibility index (Phi) is 6.44. The molecule has 2 aromatic carbocycles. The molecular weight excluding hydrogens is 520 g/mol. The zero-order chi connectivity index (χ0) is 28.2. The molecule has 3 aliphatic rings. The Hall–Kier alpha value is -3.95. The van der Waals surface area contributed by atoms with Gasteiger partial charge >= 0.3 is 0 Å². The second kappa shape index (κ2) is 10.2. The predicted molar refractivity (Wildman–Crippen MR) is 157 cm³/mol. The zero-order valence-electron chi connectivity index (χ0n) is 23.2. The summed E-state index contributed by atoms with van der Waals surface area (Å²) < 4.78 is 14.1. The number of halogens is 1. The molecule has 4 heterocycles. The number of fused-ring (bicyclic) bond motifs is 4. The predicted octanol–water partition coefficient (Wildman–Crippen LogP) is 2.51. The molecule has 0 spiro atoms. The van der Waals surface area contributed by atoms with Crippen LogP contribution in [-0.4, -0.2) is 64.3 Å². The topological polar surface area (TPSA) is 102 Å². The summed E-state index contributed by atoms with van der Waals surface area (Å²) in [5.74, 6) is -0.232. The number of benzene rings is 2. The van der Waals surface area contributed by atoms with Crippen molar-refractivity contribution in [1.29, 1.82) is 0 Å². The highest BCUT2D eigenvalue weighted by Gasteiger charge is 2.36. The van der Waals surface area contributed by atoms with Crippen LogP contribution >= 0.6 is 0 Å². The molecule has 2 N–H and O–H groups in total. The molecule has 210 valence electrons. The van der Waals surface area contributed by atoms with Crippen molar-refractivity contribution in [3.05, 3.63) is 69.4 Å². The van der Waals surface area contributed by atoms with Gasteiger partial charge in [-0.3, -0.25) is 19.5 Å². The fraction of sp³-hybridized carbons (Fsp3) is 0.419. The third-order valence-electron chi connectivity index (χ3n) is 9.35. The summed E-state index contributed by atoms with van der Waals surface area (Å²) in [6, 6.07) is 8.71. The lowest BCUT2D eigenvalue weighted by atomic mass is 9.85. The van der Waals surface area contributed by atoms with Crippen molar-refractivity contribution in [2.24, 2.45) is 11.8 Å². The van der Waals surface area contributed by atoms with Crippen LogP contribution in [0, 0.1) is 17.7 Å². The molecule has 10 heteroatoms. The molecule has 0 radical (unpaired) electrons. The summed E-state index contributed by atoms with van der Waals surface area (Å²) >= 11 is 0. The van der Waals surface area contributed by atoms with E-state index in [0.717, 1.165) is 46.9 Å². The summed E-state index contributed by atoms with van der Waals surface area (Å²) in [4.78, 5) is 46.7. The first-order valence-electron chi connectivity index (χ1n) is 14.7. The van der Waals surface area contributed by atoms with Crippen LogP contribution in [0.3, 0.4) is 0 Å². The number of piperidine rings is 1. The minimum absolute atomic E-state index is 0.00349. The third-order valence-corrected chi connectivity index (χ3v) is 9.35. The number of carbonyl (C=O) groups excluding carboxylic acids is 2. The highest BCUT2D eigenvalue weighted by Crippen LogP contribution is 2.35. The van der Waals surface area contributed by atoms with E-state index in [4.69, 9.17) is 0 Å². The van der Waals surface area contributed by atoms with Gasteiger partial charge in [0.1, 0.15) is 13.7 Å². The molecule has 0 bridgehead atoms. The number of likely N-dealkylation sites (tertiary alicyclic amines) is 1. The number of H-pyrrole nitrogens is 2. The van der Waals surface area contributed by atoms with Crippen LogP contribution in [-0.2, 0) is 22.6 Å². The van der Waals surface area contributed by atoms with Gasteiger partial charge in [-0.2, -0.15) is 5.10 Å². The molecule has 2 fully saturated rings. The smallest absolute Gasteiger partial charge is 0.251 e. The number of rotatable bonds is 5. The maximum absolute atomic E-state index is 14.1. The average Bonchev–Trinajstić information content (AvgIpc) is 3.67. The standard InChI is InChI=1S/C31H33BFN5O3/c32-25-12-20-10-21(31(41)38(15-17-4-5-17)16-24(20)23-14-34-36-29(23)25)13-27(39)37-8-6-18(7-9-37)22-11-19-2-1-3-26(33)28(19)35-30(22)40/h1-3,11-12,14,17-18,21H,4-10,13,15-16,32H2,(H,34,36)(H,35,40)/t21-/m0/s1. The van der Waals surface area contributed by atoms with E-state index >= 15 is 0 Å². The number of hydrogen-bond donors (Lipinski definition) is 2. The minimum Gasteiger partial charge on any atom is -0.343 e. The second-order valence-electron chi connectivity index (χ2n) is 12.2. The Morgan fingerprint density at radius 1 is 1.10 bits per heavy atom. The van der Waals surface area contributed by atoms with E-state index in [1.54, 1.807) is 18.2 Å². The first-order valence-corrected chi connectivity index (χ1v) is 14.7. The number of hydrogen-bond acceptors (Lipinski definition) is 4. The number of carbonyl (C=O) groups is 2. The second-order valence-corrected chi connectivity index (χ2v) is 12.2. The Labute approximate surface area is 237 Å². The molecule has 2 aliphatic heterocycles. The molecule has 1 saturated heterocycles. The van der Waals surface area contributed by atoms with Gasteiger partial charge in [-0.1, -0.05) is 23.7 Å². The van der Waals surface area contributed by atoms with Gasteiger partial charge in [0.05, 0.1) is 23.1 Å². The summed E-state index contributed by atoms with van der Waals surface area (Å²) in [5.41, 5.74) is 4.97. The van der Waals surface area contributed by atoms with Gasteiger partial charge in [-0.05, 0) is 67.2 Å². The lowest BCUT2D eigenvalue weighted by molar-refractivity contribution is -0.142. The van der Waals surface area contributed by atoms with Crippen LogP contribution in [0.1, 0.15) is 54.7 Å². The summed E-state index contributed by atoms with van der Waals surface area (Å²) in [7, 11) is 2.05. The van der Waals surface area contributed by atoms with Crippen LogP contribution < -0.4 is 11.0 Å². The lowest BCUT2D eigenvalue weighted by Crippen LogP contribution is -2.42. The molecule has 1 aliphatic carbocycles. The van der Waals surface area contributed by atoms with Crippen molar-refractivity contribution >= 4 is 46.9 Å². The molecule has 1 saturated carbocycles. The highest BCUT2D eigenvalue weighted by atomic mass is 19.1. The summed E-state index contributed by atoms with van der Waals surface area (Å²) in [6.07, 6.45) is 6.20. The van der Waals surface area contributed by atoms with E-state index in [2.05, 4.69) is 29.1 Å². The van der Waals surface area contributed by atoms with Crippen molar-refractivity contribution in [2.45, 2.75) is 51.0 Å². The Bertz CT molecular complexity index is 1740. The number of nitrogens with one attached hydrogen (secondary N) is 2. The molecule has 4 aromatic rings. The van der Waals surface area contributed by atoms with Crippen molar-refractivity contribution in [2.75, 3.05) is 19.6 Å². The molecule has 2 aromatic heterocycles. The van der Waals surface area contributed by atoms with Gasteiger partial charge in [0.2, 0.25) is 11.8 Å². The lowest BCUT2D eigenvalue weighted by Gasteiger charge is -2.33. The van der Waals surface area contributed by atoms with Crippen LogP contribution in [0.5, 0.6) is 0 Å². The molecule has 1 atom stereocenters. The van der Waals surface area contributed by atoms with E-state index in [1.165, 1.54) is 6.07 Å². The van der Waals surface area contributed by atoms with Gasteiger partial charge in [0, 0.05) is 48.9 Å². The van der Waals surface area contributed by atoms with Gasteiger partial charge < -0.3 is 14.8 Å². The average molecular weight is 553 g/mol. The van der Waals surface area contributed by atoms with E-state index in [0.29, 0.717) is 55.8 Å². The number of aromatic amines is 2. The number of para-hydroxylation sites is 1. The van der Waals surface area contributed by atoms with Gasteiger partial charge in [-0.15, -0.1) is 0 Å². The minimum atomic E-state index is -0.442. The first kappa shape index (κ1) is 26.0. The van der Waals surface area contributed by atoms with Crippen molar-refractivity contribution in [1.82, 2.24) is 25.0 Å². The quantitative estimate of drug-likeness (QED) is 0.371. The zero-order valence-corrected chi connectivity index (χ0v) is 23.2. The molecule has 7 rings (SSSR count). The highest BCUT2D eigenvalue weighted by molar-refractivity contribution is 6.38. The molecule has 2 amide bonds. The molecule has 41 heavy (non-hydrogen) atoms. The van der Waals surface area contributed by atoms with E-state index < -0.39 is 11.7 Å². The van der Waals surface area contributed by atoms with E-state index in [-0.39, 0.29) is 35.2 Å². The Morgan fingerprint density at radius 3 is 2.68 bits per heavy atom. The molecule has 8 nitrogen and oxygen atoms in total. The van der Waals surface area contributed by atoms with Gasteiger partial charge in [-0.25, -0.2) is 4.39 Å². The van der Waals surface area contributed by atoms with Crippen molar-refractivity contribution in [3.63, 3.8) is 0 Å². The SMILES string of the molecule is Bc1cc2c(c3cn[nH]c13)CN(CC1CC1)C(=O)[C@H](CC(=O)N1CCC(c3cc4cccc(F)c4[nH]c3=O)CC1)C2. The van der Waals surface area contributed by atoms with E-state index in [1.807, 2.05) is 16.0 Å². The van der Waals surface area contributed by atoms with Crippen LogP contribution in [0.2, 0.25) is 0 Å². The fourth-order valence-corrected chi connectivity index (χ4v) is 6.88. The normalized spacial score (nSPS) is 20.0. The summed E-state index contributed by atoms with van der Waals surface area (Å²) in [5, 5.41) is 9.11. The van der Waals surface area contributed by atoms with Gasteiger partial charge in [0.25, 0.3) is 5.56 Å². The monoisotopic (exact) mass is 553 g/mol. The third kappa shape index (κ3) is 4.83. The van der Waals surface area contributed by atoms with Crippen LogP contribution in [0.4, 0.5) is 4.39 Å². The number of nitrogens with zero attached hydrogens (tertiary/aromatic N) is 3. The van der Waals surface area contributed by atoms with Crippen molar-refractivity contribution in [3.8, 4) is 0 Å². The van der Waals surface area contributed by atoms with Crippen molar-refractivity contribution < 1.29 is 14.0 Å². The number of amides is 2. The van der Waals surface area contributed by atoms with Gasteiger partial charge in [0.15, 0.2) is 0 Å². The maximum atomic E-state index is 14.1.